The summed E-state index contributed by atoms with van der Waals surface area (Å²) in [6.07, 6.45) is 7.32. The number of hydrogen-bond donors (Lipinski definition) is 1. The zero-order valence-electron chi connectivity index (χ0n) is 10.6. The Kier molecular flexibility index (Phi) is 7.60. The van der Waals surface area contributed by atoms with Crippen LogP contribution in [0.1, 0.15) is 44.9 Å². The van der Waals surface area contributed by atoms with Gasteiger partial charge in [0.15, 0.2) is 6.29 Å². The van der Waals surface area contributed by atoms with Crippen molar-refractivity contribution in [1.29, 1.82) is 0 Å². The van der Waals surface area contributed by atoms with Crippen molar-refractivity contribution >= 4 is 5.97 Å². The molecular weight excluding hydrogens is 239 g/mol. The van der Waals surface area contributed by atoms with Gasteiger partial charge in [-0.05, 0) is 44.6 Å². The lowest BCUT2D eigenvalue weighted by Crippen LogP contribution is -2.22. The number of carboxylic acid groups (broad SMARTS) is 1. The van der Waals surface area contributed by atoms with Gasteiger partial charge in [0.05, 0.1) is 0 Å². The maximum atomic E-state index is 12.6. The van der Waals surface area contributed by atoms with E-state index >= 15 is 0 Å². The molecule has 1 heterocycles. The van der Waals surface area contributed by atoms with Crippen molar-refractivity contribution in [1.82, 2.24) is 0 Å². The molecule has 1 rings (SSSR count). The van der Waals surface area contributed by atoms with Crippen molar-refractivity contribution < 1.29 is 23.8 Å². The van der Waals surface area contributed by atoms with Crippen LogP contribution in [0.2, 0.25) is 0 Å². The molecule has 0 aromatic carbocycles. The molecule has 1 saturated heterocycles. The predicted molar refractivity (Wildman–Crippen MR) is 64.8 cm³/mol. The standard InChI is InChI=1S/C13H21FO4/c14-11(13(15)16)7-3-1-2-5-9-17-12-8-4-6-10-18-12/h7,12H,1-6,8-10H2,(H,15,16)/b11-7-. The number of carbonyl (C=O) groups is 1. The number of rotatable bonds is 8. The van der Waals surface area contributed by atoms with E-state index in [4.69, 9.17) is 14.6 Å². The molecular formula is C13H21FO4. The van der Waals surface area contributed by atoms with Crippen LogP contribution in [0, 0.1) is 0 Å². The molecule has 18 heavy (non-hydrogen) atoms. The van der Waals surface area contributed by atoms with Crippen molar-refractivity contribution in [2.24, 2.45) is 0 Å². The monoisotopic (exact) mass is 260 g/mol. The Labute approximate surface area is 107 Å². The Morgan fingerprint density at radius 2 is 2.22 bits per heavy atom. The second-order valence-corrected chi connectivity index (χ2v) is 4.37. The molecule has 4 nitrogen and oxygen atoms in total. The first-order valence-corrected chi connectivity index (χ1v) is 6.52. The molecule has 0 radical (unpaired) electrons. The maximum Gasteiger partial charge on any atom is 0.364 e. The smallest absolute Gasteiger partial charge is 0.364 e. The van der Waals surface area contributed by atoms with Crippen LogP contribution in [0.4, 0.5) is 4.39 Å². The van der Waals surface area contributed by atoms with Crippen molar-refractivity contribution in [3.63, 3.8) is 0 Å². The lowest BCUT2D eigenvalue weighted by Gasteiger charge is -2.22. The lowest BCUT2D eigenvalue weighted by molar-refractivity contribution is -0.162. The Balaban J connectivity index is 1.92. The number of aliphatic carboxylic acids is 1. The molecule has 104 valence electrons. The summed E-state index contributed by atoms with van der Waals surface area (Å²) in [5, 5.41) is 8.29. The summed E-state index contributed by atoms with van der Waals surface area (Å²) >= 11 is 0. The van der Waals surface area contributed by atoms with Gasteiger partial charge in [0, 0.05) is 13.2 Å². The first-order chi connectivity index (χ1) is 8.70. The molecule has 1 unspecified atom stereocenters. The van der Waals surface area contributed by atoms with Crippen LogP contribution >= 0.6 is 0 Å². The highest BCUT2D eigenvalue weighted by atomic mass is 19.1. The van der Waals surface area contributed by atoms with E-state index in [0.717, 1.165) is 51.2 Å². The van der Waals surface area contributed by atoms with E-state index in [9.17, 15) is 9.18 Å². The van der Waals surface area contributed by atoms with E-state index in [2.05, 4.69) is 0 Å². The molecule has 1 aliphatic rings. The third kappa shape index (κ3) is 6.71. The van der Waals surface area contributed by atoms with Crippen LogP contribution in [-0.2, 0) is 14.3 Å². The first-order valence-electron chi connectivity index (χ1n) is 6.52. The molecule has 5 heteroatoms. The van der Waals surface area contributed by atoms with Crippen molar-refractivity contribution in [2.45, 2.75) is 51.2 Å². The average Bonchev–Trinajstić information content (AvgIpc) is 2.38. The highest BCUT2D eigenvalue weighted by Crippen LogP contribution is 2.14. The number of carboxylic acids is 1. The van der Waals surface area contributed by atoms with Crippen LogP contribution in [0.25, 0.3) is 0 Å². The summed E-state index contributed by atoms with van der Waals surface area (Å²) in [4.78, 5) is 10.2. The molecule has 0 amide bonds. The van der Waals surface area contributed by atoms with E-state index in [1.807, 2.05) is 0 Å². The van der Waals surface area contributed by atoms with Crippen molar-refractivity contribution in [2.75, 3.05) is 13.2 Å². The topological polar surface area (TPSA) is 55.8 Å². The van der Waals surface area contributed by atoms with E-state index in [1.165, 1.54) is 0 Å². The molecule has 0 saturated carbocycles. The van der Waals surface area contributed by atoms with Gasteiger partial charge in [-0.2, -0.15) is 4.39 Å². The third-order valence-corrected chi connectivity index (χ3v) is 2.82. The van der Waals surface area contributed by atoms with Gasteiger partial charge in [0.1, 0.15) is 0 Å². The molecule has 1 aliphatic heterocycles. The summed E-state index contributed by atoms with van der Waals surface area (Å²) in [6, 6.07) is 0. The minimum Gasteiger partial charge on any atom is -0.476 e. The van der Waals surface area contributed by atoms with Gasteiger partial charge in [-0.1, -0.05) is 6.42 Å². The maximum absolute atomic E-state index is 12.6. The summed E-state index contributed by atoms with van der Waals surface area (Å²) in [5.74, 6) is -2.56. The van der Waals surface area contributed by atoms with Crippen molar-refractivity contribution in [3.8, 4) is 0 Å². The van der Waals surface area contributed by atoms with Gasteiger partial charge in [-0.25, -0.2) is 4.79 Å². The van der Waals surface area contributed by atoms with E-state index in [0.29, 0.717) is 13.0 Å². The fourth-order valence-electron chi connectivity index (χ4n) is 1.80. The van der Waals surface area contributed by atoms with E-state index in [1.54, 1.807) is 0 Å². The quantitative estimate of drug-likeness (QED) is 0.538. The highest BCUT2D eigenvalue weighted by molar-refractivity contribution is 5.83. The molecule has 0 spiro atoms. The van der Waals surface area contributed by atoms with Crippen LogP contribution in [-0.4, -0.2) is 30.6 Å². The minimum atomic E-state index is -1.49. The largest absolute Gasteiger partial charge is 0.476 e. The summed E-state index contributed by atoms with van der Waals surface area (Å²) in [5.41, 5.74) is 0. The Morgan fingerprint density at radius 3 is 2.89 bits per heavy atom. The number of ether oxygens (including phenoxy) is 2. The average molecular weight is 260 g/mol. The SMILES string of the molecule is O=C(O)/C(F)=C/CCCCCOC1CCCCO1. The normalized spacial score (nSPS) is 20.9. The molecule has 0 bridgehead atoms. The molecule has 0 aromatic heterocycles. The zero-order chi connectivity index (χ0) is 13.2. The lowest BCUT2D eigenvalue weighted by atomic mass is 10.2. The second-order valence-electron chi connectivity index (χ2n) is 4.37. The fourth-order valence-corrected chi connectivity index (χ4v) is 1.80. The van der Waals surface area contributed by atoms with Gasteiger partial charge >= 0.3 is 5.97 Å². The van der Waals surface area contributed by atoms with Gasteiger partial charge < -0.3 is 14.6 Å². The Hall–Kier alpha value is -0.940. The molecule has 0 aromatic rings. The van der Waals surface area contributed by atoms with Gasteiger partial charge in [0.25, 0.3) is 0 Å². The van der Waals surface area contributed by atoms with Crippen molar-refractivity contribution in [3.05, 3.63) is 11.9 Å². The minimum absolute atomic E-state index is 0.0527. The van der Waals surface area contributed by atoms with Crippen LogP contribution < -0.4 is 0 Å². The van der Waals surface area contributed by atoms with Gasteiger partial charge in [-0.3, -0.25) is 0 Å². The number of unbranched alkanes of at least 4 members (excludes halogenated alkanes) is 3. The molecule has 1 fully saturated rings. The van der Waals surface area contributed by atoms with Gasteiger partial charge in [-0.15, -0.1) is 0 Å². The molecule has 1 N–H and O–H groups in total. The number of allylic oxidation sites excluding steroid dienone is 1. The van der Waals surface area contributed by atoms with Crippen LogP contribution in [0.3, 0.4) is 0 Å². The second kappa shape index (κ2) is 9.05. The van der Waals surface area contributed by atoms with Gasteiger partial charge in [0.2, 0.25) is 5.83 Å². The van der Waals surface area contributed by atoms with E-state index < -0.39 is 11.8 Å². The highest BCUT2D eigenvalue weighted by Gasteiger charge is 2.13. The summed E-state index contributed by atoms with van der Waals surface area (Å²) in [6.45, 7) is 1.43. The van der Waals surface area contributed by atoms with Crippen LogP contribution in [0.5, 0.6) is 0 Å². The molecule has 1 atom stereocenters. The van der Waals surface area contributed by atoms with E-state index in [-0.39, 0.29) is 6.29 Å². The zero-order valence-corrected chi connectivity index (χ0v) is 10.6. The van der Waals surface area contributed by atoms with Crippen LogP contribution in [0.15, 0.2) is 11.9 Å². The predicted octanol–water partition coefficient (Wildman–Crippen LogP) is 3.03. The molecule has 0 aliphatic carbocycles. The number of halogens is 1. The Bertz CT molecular complexity index is 272. The Morgan fingerprint density at radius 1 is 1.39 bits per heavy atom. The third-order valence-electron chi connectivity index (χ3n) is 2.82. The fraction of sp³-hybridized carbons (Fsp3) is 0.769. The summed E-state index contributed by atoms with van der Waals surface area (Å²) < 4.78 is 23.5. The summed E-state index contributed by atoms with van der Waals surface area (Å²) in [7, 11) is 0. The first kappa shape index (κ1) is 15.1. The number of hydrogen-bond acceptors (Lipinski definition) is 3.